The first-order valence-electron chi connectivity index (χ1n) is 10.0. The van der Waals surface area contributed by atoms with E-state index in [2.05, 4.69) is 24.2 Å². The highest BCUT2D eigenvalue weighted by Crippen LogP contribution is 2.27. The second kappa shape index (κ2) is 11.8. The lowest BCUT2D eigenvalue weighted by molar-refractivity contribution is 0.0174. The fraction of sp³-hybridized carbons (Fsp3) is 0.565. The zero-order chi connectivity index (χ0) is 21.2. The van der Waals surface area contributed by atoms with Gasteiger partial charge in [-0.05, 0) is 56.3 Å². The molecular weight excluding hydrogens is 358 g/mol. The third-order valence-electron chi connectivity index (χ3n) is 5.32. The van der Waals surface area contributed by atoms with Crippen molar-refractivity contribution >= 4 is 12.0 Å². The molecule has 0 bridgehead atoms. The Morgan fingerprint density at radius 3 is 2.32 bits per heavy atom. The molecule has 1 N–H and O–H groups in total. The zero-order valence-corrected chi connectivity index (χ0v) is 17.8. The van der Waals surface area contributed by atoms with E-state index in [0.29, 0.717) is 11.1 Å². The van der Waals surface area contributed by atoms with Gasteiger partial charge in [-0.3, -0.25) is 9.79 Å². The van der Waals surface area contributed by atoms with Crippen molar-refractivity contribution in [3.8, 4) is 0 Å². The minimum Gasteiger partial charge on any atom is -0.317 e. The molecule has 1 aliphatic heterocycles. The number of benzene rings is 1. The van der Waals surface area contributed by atoms with Crippen LogP contribution in [0.5, 0.6) is 0 Å². The highest BCUT2D eigenvalue weighted by molar-refractivity contribution is 6.10. The molecule has 5 heteroatoms. The first-order chi connectivity index (χ1) is 13.2. The first kappa shape index (κ1) is 24.2. The molecule has 0 amide bonds. The Balaban J connectivity index is 0.000000330. The summed E-state index contributed by atoms with van der Waals surface area (Å²) in [5.41, 5.74) is 0.800. The van der Waals surface area contributed by atoms with Crippen LogP contribution in [0.15, 0.2) is 40.9 Å². The number of piperidine rings is 1. The number of hydrogen-bond donors (Lipinski definition) is 1. The Morgan fingerprint density at radius 2 is 1.86 bits per heavy atom. The van der Waals surface area contributed by atoms with Gasteiger partial charge in [0.2, 0.25) is 0 Å². The number of nitrogens with zero attached hydrogens (tertiary/aromatic N) is 1. The van der Waals surface area contributed by atoms with Crippen molar-refractivity contribution < 1.29 is 13.6 Å². The summed E-state index contributed by atoms with van der Waals surface area (Å²) in [6.45, 7) is 9.66. The molecule has 3 nitrogen and oxygen atoms in total. The quantitative estimate of drug-likeness (QED) is 0.385. The van der Waals surface area contributed by atoms with E-state index in [0.717, 1.165) is 18.8 Å². The fourth-order valence-electron chi connectivity index (χ4n) is 3.15. The molecule has 28 heavy (non-hydrogen) atoms. The van der Waals surface area contributed by atoms with Crippen LogP contribution in [0, 0.1) is 11.8 Å². The highest BCUT2D eigenvalue weighted by Gasteiger charge is 2.24. The molecular formula is C23H34F2N2O. The number of rotatable bonds is 6. The summed E-state index contributed by atoms with van der Waals surface area (Å²) < 4.78 is 26.0. The van der Waals surface area contributed by atoms with Gasteiger partial charge >= 0.3 is 0 Å². The smallest absolute Gasteiger partial charge is 0.270 e. The fourth-order valence-corrected chi connectivity index (χ4v) is 3.15. The first-order valence-corrected chi connectivity index (χ1v) is 10.0. The second-order valence-corrected chi connectivity index (χ2v) is 7.52. The van der Waals surface area contributed by atoms with Crippen molar-refractivity contribution in [3.05, 3.63) is 47.0 Å². The summed E-state index contributed by atoms with van der Waals surface area (Å²) in [6.07, 6.45) is 7.25. The van der Waals surface area contributed by atoms with Crippen LogP contribution in [0.1, 0.15) is 62.9 Å². The lowest BCUT2D eigenvalue weighted by Crippen LogP contribution is -2.30. The van der Waals surface area contributed by atoms with Crippen LogP contribution in [0.3, 0.4) is 0 Å². The number of halogens is 2. The van der Waals surface area contributed by atoms with Gasteiger partial charge in [-0.25, -0.2) is 8.78 Å². The number of hydrogen-bond acceptors (Lipinski definition) is 3. The Hall–Kier alpha value is -1.88. The molecule has 0 unspecified atom stereocenters. The van der Waals surface area contributed by atoms with Gasteiger partial charge in [0, 0.05) is 31.3 Å². The minimum absolute atomic E-state index is 0.101. The Labute approximate surface area is 168 Å². The van der Waals surface area contributed by atoms with Crippen molar-refractivity contribution in [3.63, 3.8) is 0 Å². The highest BCUT2D eigenvalue weighted by atomic mass is 19.3. The van der Waals surface area contributed by atoms with E-state index in [9.17, 15) is 13.6 Å². The molecule has 1 fully saturated rings. The standard InChI is InChI=1S/C14H15F2NO.C9H19N/c1-10(8-9-17-3)13(18)11-4-6-12(7-5-11)14(2,15)16;1-3-8(2)9-4-6-10-7-5-9/h4-9H,1-3H3;8-10H,3-7H2,1-2H3/b10-8+,17-9?;/t;8-/m.1/s1. The third-order valence-corrected chi connectivity index (χ3v) is 5.32. The summed E-state index contributed by atoms with van der Waals surface area (Å²) in [5.74, 6) is -1.13. The van der Waals surface area contributed by atoms with E-state index in [1.165, 1.54) is 62.8 Å². The Morgan fingerprint density at radius 1 is 1.29 bits per heavy atom. The van der Waals surface area contributed by atoms with Gasteiger partial charge in [0.15, 0.2) is 5.78 Å². The lowest BCUT2D eigenvalue weighted by Gasteiger charge is -2.27. The maximum atomic E-state index is 13.0. The summed E-state index contributed by atoms with van der Waals surface area (Å²) in [4.78, 5) is 15.6. The van der Waals surface area contributed by atoms with E-state index in [-0.39, 0.29) is 11.3 Å². The number of nitrogens with one attached hydrogen (secondary N) is 1. The van der Waals surface area contributed by atoms with Crippen LogP contribution in [0.4, 0.5) is 8.78 Å². The average Bonchev–Trinajstić information content (AvgIpc) is 2.71. The van der Waals surface area contributed by atoms with Crippen LogP contribution < -0.4 is 5.32 Å². The minimum atomic E-state index is -2.89. The number of ketones is 1. The molecule has 0 spiro atoms. The number of allylic oxidation sites excluding steroid dienone is 2. The molecule has 0 radical (unpaired) electrons. The molecule has 156 valence electrons. The van der Waals surface area contributed by atoms with Gasteiger partial charge in [0.05, 0.1) is 0 Å². The predicted octanol–water partition coefficient (Wildman–Crippen LogP) is 5.66. The van der Waals surface area contributed by atoms with E-state index in [4.69, 9.17) is 0 Å². The maximum Gasteiger partial charge on any atom is 0.270 e. The van der Waals surface area contributed by atoms with Crippen molar-refractivity contribution in [2.24, 2.45) is 16.8 Å². The zero-order valence-electron chi connectivity index (χ0n) is 17.8. The molecule has 1 aliphatic rings. The Bertz CT molecular complexity index is 654. The third kappa shape index (κ3) is 8.01. The normalized spacial score (nSPS) is 17.2. The van der Waals surface area contributed by atoms with Crippen molar-refractivity contribution in [2.45, 2.75) is 52.9 Å². The molecule has 1 saturated heterocycles. The second-order valence-electron chi connectivity index (χ2n) is 7.52. The van der Waals surface area contributed by atoms with Gasteiger partial charge in [-0.2, -0.15) is 0 Å². The van der Waals surface area contributed by atoms with Crippen molar-refractivity contribution in [2.75, 3.05) is 20.1 Å². The van der Waals surface area contributed by atoms with E-state index < -0.39 is 5.92 Å². The summed E-state index contributed by atoms with van der Waals surface area (Å²) >= 11 is 0. The Kier molecular flexibility index (Phi) is 10.2. The van der Waals surface area contributed by atoms with Crippen LogP contribution in [-0.4, -0.2) is 32.1 Å². The van der Waals surface area contributed by atoms with Crippen LogP contribution in [-0.2, 0) is 5.92 Å². The number of carbonyl (C=O) groups is 1. The summed E-state index contributed by atoms with van der Waals surface area (Å²) in [5, 5.41) is 3.39. The average molecular weight is 393 g/mol. The van der Waals surface area contributed by atoms with Crippen LogP contribution in [0.25, 0.3) is 0 Å². The molecule has 1 heterocycles. The topological polar surface area (TPSA) is 41.5 Å². The van der Waals surface area contributed by atoms with Crippen LogP contribution >= 0.6 is 0 Å². The number of alkyl halides is 2. The van der Waals surface area contributed by atoms with E-state index in [1.54, 1.807) is 20.0 Å². The molecule has 0 aromatic heterocycles. The van der Waals surface area contributed by atoms with Crippen molar-refractivity contribution in [1.82, 2.24) is 5.32 Å². The molecule has 2 rings (SSSR count). The van der Waals surface area contributed by atoms with Gasteiger partial charge in [0.25, 0.3) is 5.92 Å². The largest absolute Gasteiger partial charge is 0.317 e. The molecule has 1 aromatic carbocycles. The number of Topliss-reactive ketones (excluding diaryl/α,β-unsaturated/α-hetero) is 1. The summed E-state index contributed by atoms with van der Waals surface area (Å²) in [6, 6.07) is 5.37. The monoisotopic (exact) mass is 392 g/mol. The van der Waals surface area contributed by atoms with Crippen molar-refractivity contribution in [1.29, 1.82) is 0 Å². The van der Waals surface area contributed by atoms with Gasteiger partial charge in [0.1, 0.15) is 0 Å². The molecule has 1 aromatic rings. The van der Waals surface area contributed by atoms with E-state index >= 15 is 0 Å². The number of carbonyl (C=O) groups excluding carboxylic acids is 1. The van der Waals surface area contributed by atoms with Gasteiger partial charge < -0.3 is 5.32 Å². The van der Waals surface area contributed by atoms with Gasteiger partial charge in [-0.15, -0.1) is 0 Å². The maximum absolute atomic E-state index is 13.0. The van der Waals surface area contributed by atoms with Gasteiger partial charge in [-0.1, -0.05) is 44.5 Å². The van der Waals surface area contributed by atoms with Crippen LogP contribution in [0.2, 0.25) is 0 Å². The molecule has 0 aliphatic carbocycles. The number of aliphatic imine (C=N–C) groups is 1. The SMILES string of the molecule is CC[C@@H](C)C1CCNCC1.CN=C/C=C(\C)C(=O)c1ccc(C(C)(F)F)cc1. The predicted molar refractivity (Wildman–Crippen MR) is 114 cm³/mol. The summed E-state index contributed by atoms with van der Waals surface area (Å²) in [7, 11) is 1.60. The molecule has 1 atom stereocenters. The van der Waals surface area contributed by atoms with E-state index in [1.807, 2.05) is 0 Å². The lowest BCUT2D eigenvalue weighted by atomic mass is 9.85. The molecule has 0 saturated carbocycles.